The van der Waals surface area contributed by atoms with Gasteiger partial charge >= 0.3 is 0 Å². The molecule has 1 aromatic carbocycles. The van der Waals surface area contributed by atoms with Gasteiger partial charge in [0.15, 0.2) is 5.11 Å². The largest absolute Gasteiger partial charge is 0.494 e. The van der Waals surface area contributed by atoms with E-state index >= 15 is 0 Å². The molecule has 1 aliphatic heterocycles. The zero-order valence-corrected chi connectivity index (χ0v) is 18.5. The minimum Gasteiger partial charge on any atom is -0.494 e. The van der Waals surface area contributed by atoms with Gasteiger partial charge in [0.2, 0.25) is 0 Å². The van der Waals surface area contributed by atoms with Crippen molar-refractivity contribution >= 4 is 17.3 Å². The van der Waals surface area contributed by atoms with Crippen LogP contribution in [0.4, 0.5) is 0 Å². The van der Waals surface area contributed by atoms with Crippen LogP contribution in [-0.2, 0) is 6.54 Å². The van der Waals surface area contributed by atoms with Crippen LogP contribution in [0, 0.1) is 0 Å². The maximum absolute atomic E-state index is 5.77. The molecule has 0 unspecified atom stereocenters. The molecule has 1 fully saturated rings. The van der Waals surface area contributed by atoms with Gasteiger partial charge in [-0.3, -0.25) is 4.98 Å². The second-order valence-electron chi connectivity index (χ2n) is 7.56. The number of ether oxygens (including phenoxy) is 1. The molecule has 0 saturated carbocycles. The molecule has 6 nitrogen and oxygen atoms in total. The molecule has 0 spiro atoms. The molecular formula is C25H24N4O2S. The maximum atomic E-state index is 5.77. The van der Waals surface area contributed by atoms with Crippen molar-refractivity contribution in [1.29, 1.82) is 0 Å². The summed E-state index contributed by atoms with van der Waals surface area (Å²) >= 11 is 5.77. The zero-order valence-electron chi connectivity index (χ0n) is 17.7. The van der Waals surface area contributed by atoms with Crippen molar-refractivity contribution in [2.45, 2.75) is 25.6 Å². The Kier molecular flexibility index (Phi) is 5.64. The molecule has 4 heterocycles. The van der Waals surface area contributed by atoms with Gasteiger partial charge in [-0.05, 0) is 79.8 Å². The van der Waals surface area contributed by atoms with Crippen LogP contribution in [0.3, 0.4) is 0 Å². The smallest absolute Gasteiger partial charge is 0.170 e. The zero-order chi connectivity index (χ0) is 21.9. The van der Waals surface area contributed by atoms with Gasteiger partial charge in [0, 0.05) is 23.8 Å². The predicted molar refractivity (Wildman–Crippen MR) is 127 cm³/mol. The third kappa shape index (κ3) is 3.87. The fraction of sp³-hybridized carbons (Fsp3) is 0.200. The summed E-state index contributed by atoms with van der Waals surface area (Å²) in [4.78, 5) is 6.80. The molecule has 0 radical (unpaired) electrons. The van der Waals surface area contributed by atoms with Crippen molar-refractivity contribution in [2.24, 2.45) is 0 Å². The molecule has 0 bridgehead atoms. The molecule has 5 rings (SSSR count). The summed E-state index contributed by atoms with van der Waals surface area (Å²) in [6.45, 7) is 3.20. The van der Waals surface area contributed by atoms with E-state index in [1.165, 1.54) is 0 Å². The van der Waals surface area contributed by atoms with E-state index in [-0.39, 0.29) is 12.1 Å². The highest BCUT2D eigenvalue weighted by molar-refractivity contribution is 7.80. The summed E-state index contributed by atoms with van der Waals surface area (Å²) < 4.78 is 13.4. The van der Waals surface area contributed by atoms with E-state index in [1.807, 2.05) is 55.6 Å². The molecule has 1 N–H and O–H groups in total. The third-order valence-electron chi connectivity index (χ3n) is 5.61. The topological polar surface area (TPSA) is 55.5 Å². The fourth-order valence-electron chi connectivity index (χ4n) is 4.21. The number of rotatable bonds is 7. The van der Waals surface area contributed by atoms with Crippen LogP contribution in [-0.4, -0.2) is 26.2 Å². The summed E-state index contributed by atoms with van der Waals surface area (Å²) in [6.07, 6.45) is 5.58. The normalized spacial score (nSPS) is 18.0. The highest BCUT2D eigenvalue weighted by Gasteiger charge is 2.41. The lowest BCUT2D eigenvalue weighted by Gasteiger charge is -2.28. The van der Waals surface area contributed by atoms with E-state index in [1.54, 1.807) is 6.26 Å². The summed E-state index contributed by atoms with van der Waals surface area (Å²) in [7, 11) is 0. The Bertz CT molecular complexity index is 1170. The first-order valence-corrected chi connectivity index (χ1v) is 11.1. The van der Waals surface area contributed by atoms with Crippen molar-refractivity contribution in [3.63, 3.8) is 0 Å². The highest BCUT2D eigenvalue weighted by atomic mass is 32.1. The van der Waals surface area contributed by atoms with Crippen LogP contribution in [0.2, 0.25) is 0 Å². The SMILES string of the molecule is CCOc1ccc(-n2cccc2[C@H]2[C@H](c3ccccn3)NC(=S)N2Cc2ccco2)cc1. The minimum atomic E-state index is -0.0880. The molecule has 3 aromatic heterocycles. The minimum absolute atomic E-state index is 0.0657. The van der Waals surface area contributed by atoms with Crippen LogP contribution < -0.4 is 10.1 Å². The van der Waals surface area contributed by atoms with E-state index in [0.29, 0.717) is 18.3 Å². The van der Waals surface area contributed by atoms with E-state index in [2.05, 4.69) is 50.2 Å². The summed E-state index contributed by atoms with van der Waals surface area (Å²) in [5.41, 5.74) is 3.12. The number of nitrogens with zero attached hydrogens (tertiary/aromatic N) is 3. The van der Waals surface area contributed by atoms with Gasteiger partial charge in [-0.1, -0.05) is 6.07 Å². The molecule has 7 heteroatoms. The molecule has 162 valence electrons. The van der Waals surface area contributed by atoms with Crippen molar-refractivity contribution in [2.75, 3.05) is 6.61 Å². The second kappa shape index (κ2) is 8.88. The average molecular weight is 445 g/mol. The first-order valence-electron chi connectivity index (χ1n) is 10.7. The van der Waals surface area contributed by atoms with Gasteiger partial charge in [0.05, 0.1) is 37.2 Å². The van der Waals surface area contributed by atoms with Gasteiger partial charge in [-0.15, -0.1) is 0 Å². The molecule has 0 amide bonds. The summed E-state index contributed by atoms with van der Waals surface area (Å²) in [5, 5.41) is 4.18. The number of hydrogen-bond acceptors (Lipinski definition) is 4. The third-order valence-corrected chi connectivity index (χ3v) is 5.97. The van der Waals surface area contributed by atoms with Gasteiger partial charge in [-0.25, -0.2) is 0 Å². The molecule has 4 aromatic rings. The summed E-state index contributed by atoms with van der Waals surface area (Å²) in [5.74, 6) is 1.72. The van der Waals surface area contributed by atoms with E-state index < -0.39 is 0 Å². The Morgan fingerprint density at radius 1 is 1.06 bits per heavy atom. The first-order chi connectivity index (χ1) is 15.7. The van der Waals surface area contributed by atoms with Crippen LogP contribution in [0.15, 0.2) is 89.8 Å². The van der Waals surface area contributed by atoms with Crippen molar-refractivity contribution in [3.05, 3.63) is 103 Å². The molecule has 1 saturated heterocycles. The number of furan rings is 1. The molecule has 2 atom stereocenters. The van der Waals surface area contributed by atoms with Crippen molar-refractivity contribution in [3.8, 4) is 11.4 Å². The quantitative estimate of drug-likeness (QED) is 0.403. The van der Waals surface area contributed by atoms with E-state index in [0.717, 1.165) is 28.6 Å². The Morgan fingerprint density at radius 2 is 1.94 bits per heavy atom. The van der Waals surface area contributed by atoms with Gasteiger partial charge in [-0.2, -0.15) is 0 Å². The molecule has 1 aliphatic rings. The highest BCUT2D eigenvalue weighted by Crippen LogP contribution is 2.40. The van der Waals surface area contributed by atoms with E-state index in [9.17, 15) is 0 Å². The summed E-state index contributed by atoms with van der Waals surface area (Å²) in [6, 6.07) is 22.0. The Labute approximate surface area is 192 Å². The monoisotopic (exact) mass is 444 g/mol. The van der Waals surface area contributed by atoms with Crippen molar-refractivity contribution in [1.82, 2.24) is 19.8 Å². The predicted octanol–water partition coefficient (Wildman–Crippen LogP) is 5.04. The van der Waals surface area contributed by atoms with Gasteiger partial charge in [0.1, 0.15) is 11.5 Å². The number of aromatic nitrogens is 2. The molecule has 32 heavy (non-hydrogen) atoms. The second-order valence-corrected chi connectivity index (χ2v) is 7.95. The average Bonchev–Trinajstić information content (AvgIpc) is 3.57. The standard InChI is InChI=1S/C25H24N4O2S/c1-2-30-19-12-10-18(11-13-19)28-15-5-9-22(28)24-23(21-8-3-4-14-26-21)27-25(32)29(24)17-20-7-6-16-31-20/h3-16,23-24H,2,17H2,1H3,(H,27,32)/t23-,24-/m0/s1. The fourth-order valence-corrected chi connectivity index (χ4v) is 4.51. The maximum Gasteiger partial charge on any atom is 0.170 e. The number of hydrogen-bond donors (Lipinski definition) is 1. The lowest BCUT2D eigenvalue weighted by molar-refractivity contribution is 0.280. The van der Waals surface area contributed by atoms with Crippen molar-refractivity contribution < 1.29 is 9.15 Å². The van der Waals surface area contributed by atoms with Gasteiger partial charge in [0.25, 0.3) is 0 Å². The number of nitrogens with one attached hydrogen (secondary N) is 1. The van der Waals surface area contributed by atoms with Crippen LogP contribution in [0.25, 0.3) is 5.69 Å². The van der Waals surface area contributed by atoms with Crippen LogP contribution in [0.1, 0.15) is 36.2 Å². The Hall–Kier alpha value is -3.58. The Morgan fingerprint density at radius 3 is 2.66 bits per heavy atom. The number of benzene rings is 1. The van der Waals surface area contributed by atoms with E-state index in [4.69, 9.17) is 21.4 Å². The number of pyridine rings is 1. The lowest BCUT2D eigenvalue weighted by atomic mass is 10.0. The molecular weight excluding hydrogens is 420 g/mol. The van der Waals surface area contributed by atoms with Gasteiger partial charge < -0.3 is 23.9 Å². The van der Waals surface area contributed by atoms with Crippen LogP contribution >= 0.6 is 12.2 Å². The molecule has 0 aliphatic carbocycles. The van der Waals surface area contributed by atoms with Crippen LogP contribution in [0.5, 0.6) is 5.75 Å². The lowest BCUT2D eigenvalue weighted by Crippen LogP contribution is -2.29. The number of thiocarbonyl (C=S) groups is 1. The first kappa shape index (κ1) is 20.3. The Balaban J connectivity index is 1.56.